The molecule has 1 aromatic rings. The van der Waals surface area contributed by atoms with Gasteiger partial charge in [-0.3, -0.25) is 4.79 Å². The Bertz CT molecular complexity index is 461. The number of amides is 1. The Hall–Kier alpha value is -1.13. The lowest BCUT2D eigenvalue weighted by Crippen LogP contribution is -2.26. The van der Waals surface area contributed by atoms with E-state index in [1.165, 1.54) is 38.1 Å². The minimum absolute atomic E-state index is 0.152. The number of hydrogen-bond acceptors (Lipinski definition) is 2. The van der Waals surface area contributed by atoms with Crippen LogP contribution in [0.25, 0.3) is 0 Å². The van der Waals surface area contributed by atoms with Crippen LogP contribution in [0.4, 0.5) is 4.39 Å². The molecule has 0 unspecified atom stereocenters. The summed E-state index contributed by atoms with van der Waals surface area (Å²) in [6.07, 6.45) is 4.64. The molecule has 1 N–H and O–H groups in total. The van der Waals surface area contributed by atoms with E-state index in [0.717, 1.165) is 25.5 Å². The van der Waals surface area contributed by atoms with E-state index >= 15 is 0 Å². The van der Waals surface area contributed by atoms with Gasteiger partial charge in [0, 0.05) is 6.54 Å². The van der Waals surface area contributed by atoms with Crippen molar-refractivity contribution in [3.63, 3.8) is 0 Å². The van der Waals surface area contributed by atoms with Crippen LogP contribution in [-0.4, -0.2) is 37.0 Å². The Morgan fingerprint density at radius 3 is 2.75 bits per heavy atom. The smallest absolute Gasteiger partial charge is 0.252 e. The molecule has 0 atom stereocenters. The first-order valence-electron chi connectivity index (χ1n) is 7.12. The highest BCUT2D eigenvalue weighted by molar-refractivity contribution is 6.33. The Labute approximate surface area is 124 Å². The van der Waals surface area contributed by atoms with E-state index < -0.39 is 5.82 Å². The predicted molar refractivity (Wildman–Crippen MR) is 78.7 cm³/mol. The highest BCUT2D eigenvalue weighted by Crippen LogP contribution is 2.17. The van der Waals surface area contributed by atoms with Crippen molar-refractivity contribution < 1.29 is 9.18 Å². The van der Waals surface area contributed by atoms with Crippen molar-refractivity contribution in [1.29, 1.82) is 0 Å². The molecule has 1 amide bonds. The average Bonchev–Trinajstić information content (AvgIpc) is 2.91. The first-order valence-corrected chi connectivity index (χ1v) is 7.50. The maximum absolute atomic E-state index is 12.9. The summed E-state index contributed by atoms with van der Waals surface area (Å²) < 4.78 is 12.9. The summed E-state index contributed by atoms with van der Waals surface area (Å²) in [4.78, 5) is 14.3. The van der Waals surface area contributed by atoms with E-state index in [0.29, 0.717) is 12.1 Å². The summed E-state index contributed by atoms with van der Waals surface area (Å²) in [6, 6.07) is 3.81. The van der Waals surface area contributed by atoms with Crippen molar-refractivity contribution in [2.75, 3.05) is 26.2 Å². The van der Waals surface area contributed by atoms with E-state index in [2.05, 4.69) is 10.2 Å². The second kappa shape index (κ2) is 7.60. The van der Waals surface area contributed by atoms with Gasteiger partial charge < -0.3 is 10.2 Å². The van der Waals surface area contributed by atoms with Gasteiger partial charge in [-0.15, -0.1) is 0 Å². The topological polar surface area (TPSA) is 32.3 Å². The van der Waals surface area contributed by atoms with Gasteiger partial charge in [-0.25, -0.2) is 4.39 Å². The van der Waals surface area contributed by atoms with Gasteiger partial charge in [0.05, 0.1) is 10.6 Å². The molecule has 0 aromatic heterocycles. The molecule has 3 nitrogen and oxygen atoms in total. The van der Waals surface area contributed by atoms with E-state index in [1.54, 1.807) is 0 Å². The monoisotopic (exact) mass is 298 g/mol. The fourth-order valence-corrected chi connectivity index (χ4v) is 2.69. The summed E-state index contributed by atoms with van der Waals surface area (Å²) in [6.45, 7) is 4.14. The van der Waals surface area contributed by atoms with Crippen LogP contribution in [-0.2, 0) is 0 Å². The number of benzene rings is 1. The Morgan fingerprint density at radius 1 is 1.30 bits per heavy atom. The third-order valence-electron chi connectivity index (χ3n) is 3.56. The molecule has 0 aliphatic carbocycles. The molecule has 1 heterocycles. The third-order valence-corrected chi connectivity index (χ3v) is 3.87. The minimum Gasteiger partial charge on any atom is -0.352 e. The second-order valence-corrected chi connectivity index (χ2v) is 5.54. The minimum atomic E-state index is -0.433. The Kier molecular flexibility index (Phi) is 5.80. The summed E-state index contributed by atoms with van der Waals surface area (Å²) in [5.74, 6) is -0.673. The number of carbonyl (C=O) groups is 1. The van der Waals surface area contributed by atoms with Gasteiger partial charge in [-0.1, -0.05) is 11.6 Å². The van der Waals surface area contributed by atoms with Gasteiger partial charge >= 0.3 is 0 Å². The zero-order valence-electron chi connectivity index (χ0n) is 11.5. The van der Waals surface area contributed by atoms with Crippen LogP contribution in [0.15, 0.2) is 18.2 Å². The van der Waals surface area contributed by atoms with E-state index in [-0.39, 0.29) is 10.9 Å². The van der Waals surface area contributed by atoms with Gasteiger partial charge in [0.2, 0.25) is 0 Å². The van der Waals surface area contributed by atoms with Crippen LogP contribution in [0, 0.1) is 5.82 Å². The fraction of sp³-hybridized carbons (Fsp3) is 0.533. The lowest BCUT2D eigenvalue weighted by molar-refractivity contribution is 0.0953. The molecule has 1 fully saturated rings. The number of nitrogens with one attached hydrogen (secondary N) is 1. The lowest BCUT2D eigenvalue weighted by Gasteiger charge is -2.14. The highest BCUT2D eigenvalue weighted by Gasteiger charge is 2.12. The van der Waals surface area contributed by atoms with Crippen molar-refractivity contribution in [2.24, 2.45) is 0 Å². The number of nitrogens with zero attached hydrogens (tertiary/aromatic N) is 1. The maximum atomic E-state index is 12.9. The second-order valence-electron chi connectivity index (χ2n) is 5.14. The molecule has 1 aromatic carbocycles. The van der Waals surface area contributed by atoms with E-state index in [4.69, 9.17) is 11.6 Å². The molecule has 2 rings (SSSR count). The van der Waals surface area contributed by atoms with Crippen LogP contribution >= 0.6 is 11.6 Å². The van der Waals surface area contributed by atoms with Crippen LogP contribution in [0.2, 0.25) is 5.02 Å². The molecule has 0 bridgehead atoms. The van der Waals surface area contributed by atoms with Crippen LogP contribution < -0.4 is 5.32 Å². The number of rotatable bonds is 6. The number of carbonyl (C=O) groups excluding carboxylic acids is 1. The van der Waals surface area contributed by atoms with Crippen molar-refractivity contribution in [2.45, 2.75) is 25.7 Å². The molecule has 20 heavy (non-hydrogen) atoms. The standard InChI is InChI=1S/C15H20ClFN2O/c16-14-11-12(17)5-6-13(14)15(20)18-7-1-2-8-19-9-3-4-10-19/h5-6,11H,1-4,7-10H2,(H,18,20). The SMILES string of the molecule is O=C(NCCCCN1CCCC1)c1ccc(F)cc1Cl. The van der Waals surface area contributed by atoms with Crippen molar-refractivity contribution in [1.82, 2.24) is 10.2 Å². The summed E-state index contributed by atoms with van der Waals surface area (Å²) >= 11 is 5.84. The number of halogens is 2. The largest absolute Gasteiger partial charge is 0.352 e. The number of unbranched alkanes of at least 4 members (excludes halogenated alkanes) is 1. The van der Waals surface area contributed by atoms with E-state index in [1.807, 2.05) is 0 Å². The van der Waals surface area contributed by atoms with Crippen molar-refractivity contribution >= 4 is 17.5 Å². The first kappa shape index (κ1) is 15.3. The summed E-state index contributed by atoms with van der Waals surface area (Å²) in [5.41, 5.74) is 0.326. The van der Waals surface area contributed by atoms with E-state index in [9.17, 15) is 9.18 Å². The quantitative estimate of drug-likeness (QED) is 0.819. The first-order chi connectivity index (χ1) is 9.66. The van der Waals surface area contributed by atoms with Gasteiger partial charge in [0.25, 0.3) is 5.91 Å². The van der Waals surface area contributed by atoms with Gasteiger partial charge in [-0.2, -0.15) is 0 Å². The van der Waals surface area contributed by atoms with Crippen molar-refractivity contribution in [3.05, 3.63) is 34.6 Å². The van der Waals surface area contributed by atoms with Crippen LogP contribution in [0.3, 0.4) is 0 Å². The zero-order chi connectivity index (χ0) is 14.4. The number of hydrogen-bond donors (Lipinski definition) is 1. The zero-order valence-corrected chi connectivity index (χ0v) is 12.3. The Morgan fingerprint density at radius 2 is 2.05 bits per heavy atom. The molecule has 1 aliphatic rings. The molecular weight excluding hydrogens is 279 g/mol. The third kappa shape index (κ3) is 4.46. The van der Waals surface area contributed by atoms with Crippen molar-refractivity contribution in [3.8, 4) is 0 Å². The Balaban J connectivity index is 1.66. The molecule has 0 saturated carbocycles. The molecular formula is C15H20ClFN2O. The summed E-state index contributed by atoms with van der Waals surface area (Å²) in [5, 5.41) is 2.97. The molecule has 0 radical (unpaired) electrons. The fourth-order valence-electron chi connectivity index (χ4n) is 2.44. The lowest BCUT2D eigenvalue weighted by atomic mass is 10.2. The van der Waals surface area contributed by atoms with Gasteiger partial charge in [-0.05, 0) is 63.5 Å². The normalized spacial score (nSPS) is 15.5. The average molecular weight is 299 g/mol. The van der Waals surface area contributed by atoms with Crippen LogP contribution in [0.1, 0.15) is 36.0 Å². The van der Waals surface area contributed by atoms with Gasteiger partial charge in [0.15, 0.2) is 0 Å². The molecule has 0 spiro atoms. The molecule has 1 aliphatic heterocycles. The van der Waals surface area contributed by atoms with Gasteiger partial charge in [0.1, 0.15) is 5.82 Å². The predicted octanol–water partition coefficient (Wildman–Crippen LogP) is 3.08. The molecule has 110 valence electrons. The number of likely N-dealkylation sites (tertiary alicyclic amines) is 1. The summed E-state index contributed by atoms with van der Waals surface area (Å²) in [7, 11) is 0. The molecule has 1 saturated heterocycles. The molecule has 5 heteroatoms. The maximum Gasteiger partial charge on any atom is 0.252 e. The van der Waals surface area contributed by atoms with Crippen LogP contribution in [0.5, 0.6) is 0 Å². The highest BCUT2D eigenvalue weighted by atomic mass is 35.5.